The maximum atomic E-state index is 2.57. The maximum absolute atomic E-state index is 2.93. The van der Waals surface area contributed by atoms with E-state index in [2.05, 4.69) is 107 Å². The van der Waals surface area contributed by atoms with Crippen LogP contribution in [-0.2, 0) is 18.9 Å². The topological polar surface area (TPSA) is 0 Å². The molecule has 0 fully saturated rings. The molecular weight excluding hydrogens is 599 g/mol. The molecule has 0 heterocycles. The van der Waals surface area contributed by atoms with Crippen LogP contribution in [0.4, 0.5) is 0 Å². The Morgan fingerprint density at radius 1 is 0.684 bits per heavy atom. The summed E-state index contributed by atoms with van der Waals surface area (Å²) in [5.74, 6) is 1.12. The zero-order chi connectivity index (χ0) is 26.7. The van der Waals surface area contributed by atoms with E-state index in [1.165, 1.54) is 28.1 Å². The quantitative estimate of drug-likeness (QED) is 0.262. The van der Waals surface area contributed by atoms with Gasteiger partial charge in [0.25, 0.3) is 0 Å². The minimum absolute atomic E-state index is 0. The van der Waals surface area contributed by atoms with Crippen molar-refractivity contribution in [3.63, 3.8) is 0 Å². The van der Waals surface area contributed by atoms with Crippen molar-refractivity contribution < 1.29 is 18.9 Å². The molecule has 2 aliphatic carbocycles. The largest absolute Gasteiger partial charge is 0.147 e. The van der Waals surface area contributed by atoms with Crippen molar-refractivity contribution in [1.82, 2.24) is 0 Å². The van der Waals surface area contributed by atoms with Crippen molar-refractivity contribution in [1.29, 1.82) is 0 Å². The van der Waals surface area contributed by atoms with Gasteiger partial charge in [0.15, 0.2) is 0 Å². The van der Waals surface area contributed by atoms with Crippen molar-refractivity contribution in [2.45, 2.75) is 112 Å². The number of rotatable bonds is 7. The van der Waals surface area contributed by atoms with Crippen LogP contribution >= 0.6 is 24.8 Å². The Bertz CT molecular complexity index is 1230. The molecule has 2 aromatic carbocycles. The first-order chi connectivity index (χ1) is 16.9. The summed E-state index contributed by atoms with van der Waals surface area (Å²) >= 11 is -2.93. The molecule has 0 aromatic heterocycles. The van der Waals surface area contributed by atoms with Crippen molar-refractivity contribution in [3.05, 3.63) is 79.9 Å². The Morgan fingerprint density at radius 2 is 1.05 bits per heavy atom. The fourth-order valence-corrected chi connectivity index (χ4v) is 29.9. The molecular formula is C34H51Cl2SiZr. The smallest absolute Gasteiger partial charge is 0.147 e. The van der Waals surface area contributed by atoms with Crippen molar-refractivity contribution in [3.8, 4) is 0 Å². The normalized spacial score (nSPS) is 19.9. The average molecular weight is 650 g/mol. The summed E-state index contributed by atoms with van der Waals surface area (Å²) in [6.45, 7) is 29.2. The summed E-state index contributed by atoms with van der Waals surface area (Å²) < 4.78 is 2.83. The van der Waals surface area contributed by atoms with Gasteiger partial charge in [-0.05, 0) is 0 Å². The van der Waals surface area contributed by atoms with E-state index < -0.39 is 18.9 Å². The molecule has 38 heavy (non-hydrogen) atoms. The van der Waals surface area contributed by atoms with E-state index in [4.69, 9.17) is 0 Å². The van der Waals surface area contributed by atoms with Crippen molar-refractivity contribution in [2.75, 3.05) is 0 Å². The van der Waals surface area contributed by atoms with E-state index in [1.807, 2.05) is 0 Å². The van der Waals surface area contributed by atoms with E-state index in [9.17, 15) is 0 Å². The molecule has 4 rings (SSSR count). The first kappa shape index (κ1) is 33.8. The molecule has 0 aliphatic heterocycles. The van der Waals surface area contributed by atoms with Crippen LogP contribution in [0.2, 0.25) is 4.13 Å². The van der Waals surface area contributed by atoms with Crippen LogP contribution in [0.1, 0.15) is 139 Å². The van der Waals surface area contributed by atoms with Crippen LogP contribution in [0.25, 0.3) is 11.1 Å². The number of aryl methyl sites for hydroxylation is 2. The minimum atomic E-state index is -2.93. The summed E-state index contributed by atoms with van der Waals surface area (Å²) in [4.78, 5) is 0. The second-order valence-corrected chi connectivity index (χ2v) is 30.6. The van der Waals surface area contributed by atoms with Gasteiger partial charge in [-0.3, -0.25) is 0 Å². The van der Waals surface area contributed by atoms with Crippen LogP contribution in [0, 0.1) is 13.8 Å². The zero-order valence-electron chi connectivity index (χ0n) is 25.8. The van der Waals surface area contributed by atoms with Gasteiger partial charge in [-0.15, -0.1) is 24.8 Å². The number of halogens is 2. The molecule has 2 atom stereocenters. The third-order valence-corrected chi connectivity index (χ3v) is 29.0. The molecule has 0 radical (unpaired) electrons. The number of allylic oxidation sites excluding steroid dienone is 4. The third-order valence-electron chi connectivity index (χ3n) is 9.76. The molecule has 2 aliphatic rings. The van der Waals surface area contributed by atoms with Gasteiger partial charge in [0, 0.05) is 0 Å². The monoisotopic (exact) mass is 647 g/mol. The van der Waals surface area contributed by atoms with Crippen LogP contribution in [0.3, 0.4) is 0 Å². The Morgan fingerprint density at radius 3 is 1.37 bits per heavy atom. The van der Waals surface area contributed by atoms with Gasteiger partial charge in [-0.2, -0.15) is 0 Å². The summed E-state index contributed by atoms with van der Waals surface area (Å²) in [6.07, 6.45) is 2.68. The van der Waals surface area contributed by atoms with Gasteiger partial charge in [0.2, 0.25) is 0 Å². The Balaban J connectivity index is 0.00000253. The number of benzene rings is 2. The molecule has 0 amide bonds. The molecule has 0 bridgehead atoms. The van der Waals surface area contributed by atoms with Gasteiger partial charge < -0.3 is 0 Å². The molecule has 0 N–H and O–H groups in total. The van der Waals surface area contributed by atoms with E-state index in [0.717, 1.165) is 0 Å². The van der Waals surface area contributed by atoms with Gasteiger partial charge in [0.05, 0.1) is 0 Å². The maximum Gasteiger partial charge on any atom is -0.147 e. The SMILES string of the molecule is CCC[CH2][Zr](=[SiH2])([CH]1C(C)=C(C)c2c(C(C)C)ccc(C)c21)[CH]1C(C)=C(C)c2c(C(C)C)ccc(C)c21.Cl.Cl. The third kappa shape index (κ3) is 5.19. The second kappa shape index (κ2) is 12.6. The summed E-state index contributed by atoms with van der Waals surface area (Å²) in [6, 6.07) is 9.75. The second-order valence-electron chi connectivity index (χ2n) is 12.6. The van der Waals surface area contributed by atoms with Crippen LogP contribution in [-0.4, -0.2) is 6.88 Å². The van der Waals surface area contributed by atoms with E-state index in [-0.39, 0.29) is 24.8 Å². The predicted octanol–water partition coefficient (Wildman–Crippen LogP) is 10.7. The minimum Gasteiger partial charge on any atom is -0.147 e. The molecule has 209 valence electrons. The number of hydrogen-bond donors (Lipinski definition) is 0. The first-order valence-corrected chi connectivity index (χ1v) is 24.9. The molecule has 0 saturated carbocycles. The van der Waals surface area contributed by atoms with E-state index in [1.54, 1.807) is 55.7 Å². The molecule has 0 nitrogen and oxygen atoms in total. The molecule has 2 unspecified atom stereocenters. The molecule has 0 saturated heterocycles. The number of hydrogen-bond acceptors (Lipinski definition) is 0. The summed E-state index contributed by atoms with van der Waals surface area (Å²) in [5.41, 5.74) is 19.5. The predicted molar refractivity (Wildman–Crippen MR) is 175 cm³/mol. The molecule has 4 heteroatoms. The summed E-state index contributed by atoms with van der Waals surface area (Å²) in [5, 5.41) is 0. The zero-order valence-corrected chi connectivity index (χ0v) is 31.3. The van der Waals surface area contributed by atoms with Crippen LogP contribution in [0.15, 0.2) is 35.4 Å². The number of fused-ring (bicyclic) bond motifs is 2. The fourth-order valence-electron chi connectivity index (χ4n) is 7.68. The van der Waals surface area contributed by atoms with Crippen LogP contribution in [0.5, 0.6) is 0 Å². The van der Waals surface area contributed by atoms with Gasteiger partial charge in [-0.25, -0.2) is 0 Å². The average Bonchev–Trinajstić information content (AvgIpc) is 3.25. The fraction of sp³-hybridized carbons (Fsp3) is 0.529. The molecule has 2 aromatic rings. The molecule has 0 spiro atoms. The Hall–Kier alpha value is -0.400. The van der Waals surface area contributed by atoms with E-state index >= 15 is 0 Å². The van der Waals surface area contributed by atoms with Crippen LogP contribution < -0.4 is 0 Å². The van der Waals surface area contributed by atoms with Gasteiger partial charge >= 0.3 is 229 Å². The number of unbranched alkanes of at least 4 members (excludes halogenated alkanes) is 1. The first-order valence-electron chi connectivity index (χ1n) is 14.4. The van der Waals surface area contributed by atoms with Crippen molar-refractivity contribution in [2.24, 2.45) is 0 Å². The Kier molecular flexibility index (Phi) is 11.2. The van der Waals surface area contributed by atoms with Gasteiger partial charge in [-0.1, -0.05) is 0 Å². The summed E-state index contributed by atoms with van der Waals surface area (Å²) in [7, 11) is 0. The van der Waals surface area contributed by atoms with Gasteiger partial charge in [0.1, 0.15) is 0 Å². The van der Waals surface area contributed by atoms with E-state index in [0.29, 0.717) is 19.1 Å². The Labute approximate surface area is 252 Å². The van der Waals surface area contributed by atoms with Crippen molar-refractivity contribution >= 4 is 42.8 Å². The standard InChI is InChI=1S/2C15H19.C4H9.2ClH.H2Si.Zr/c2*1-9(2)13-7-6-10(3)14-8-11(4)12(5)15(13)14;1-3-4-2;;;;/h2*6-9H,1-5H3;1,3-4H2,2H3;2*1H;1H2;.